The Balaban J connectivity index is 2.02. The van der Waals surface area contributed by atoms with E-state index in [1.807, 2.05) is 6.08 Å². The summed E-state index contributed by atoms with van der Waals surface area (Å²) in [6, 6.07) is 4.18. The number of halogens is 2. The number of rotatable bonds is 2. The Hall–Kier alpha value is -1.35. The van der Waals surface area contributed by atoms with Crippen LogP contribution in [0.25, 0.3) is 0 Å². The van der Waals surface area contributed by atoms with Gasteiger partial charge >= 0.3 is 0 Å². The third-order valence-corrected chi connectivity index (χ3v) is 3.12. The molecule has 0 bridgehead atoms. The minimum atomic E-state index is -0.481. The summed E-state index contributed by atoms with van der Waals surface area (Å²) in [5.41, 5.74) is 0.538. The van der Waals surface area contributed by atoms with Gasteiger partial charge in [0.2, 0.25) is 5.91 Å². The lowest BCUT2D eigenvalue weighted by molar-refractivity contribution is -0.120. The van der Waals surface area contributed by atoms with Gasteiger partial charge < -0.3 is 5.32 Å². The van der Waals surface area contributed by atoms with Crippen molar-refractivity contribution in [2.75, 3.05) is 5.32 Å². The molecule has 0 radical (unpaired) electrons. The topological polar surface area (TPSA) is 29.1 Å². The van der Waals surface area contributed by atoms with E-state index < -0.39 is 5.82 Å². The SMILES string of the molecule is O=C(Nc1ccc(F)c(Cl)c1)[C@H]1CC=CCC1. The number of carbonyl (C=O) groups excluding carboxylic acids is 1. The van der Waals surface area contributed by atoms with Gasteiger partial charge in [-0.2, -0.15) is 0 Å². The summed E-state index contributed by atoms with van der Waals surface area (Å²) in [4.78, 5) is 11.9. The summed E-state index contributed by atoms with van der Waals surface area (Å²) in [5, 5.41) is 2.78. The van der Waals surface area contributed by atoms with Gasteiger partial charge in [0.1, 0.15) is 5.82 Å². The van der Waals surface area contributed by atoms with E-state index in [9.17, 15) is 9.18 Å². The van der Waals surface area contributed by atoms with Crippen LogP contribution in [0.4, 0.5) is 10.1 Å². The molecule has 0 unspecified atom stereocenters. The van der Waals surface area contributed by atoms with Crippen molar-refractivity contribution in [2.45, 2.75) is 19.3 Å². The average molecular weight is 254 g/mol. The first-order valence-corrected chi connectivity index (χ1v) is 5.95. The molecule has 1 aromatic carbocycles. The molecule has 0 saturated carbocycles. The van der Waals surface area contributed by atoms with E-state index in [2.05, 4.69) is 11.4 Å². The molecule has 0 spiro atoms. The molecular formula is C13H13ClFNO. The van der Waals surface area contributed by atoms with Crippen LogP contribution in [0.1, 0.15) is 19.3 Å². The molecule has 2 nitrogen and oxygen atoms in total. The number of hydrogen-bond donors (Lipinski definition) is 1. The minimum absolute atomic E-state index is 0.00354. The Bertz CT molecular complexity index is 459. The molecular weight excluding hydrogens is 241 g/mol. The van der Waals surface area contributed by atoms with E-state index in [-0.39, 0.29) is 16.8 Å². The van der Waals surface area contributed by atoms with Crippen molar-refractivity contribution in [3.8, 4) is 0 Å². The molecule has 1 amide bonds. The number of allylic oxidation sites excluding steroid dienone is 2. The standard InChI is InChI=1S/C13H13ClFNO/c14-11-8-10(6-7-12(11)15)16-13(17)9-4-2-1-3-5-9/h1-2,6-9H,3-5H2,(H,16,17)/t9-/m0/s1. The quantitative estimate of drug-likeness (QED) is 0.799. The summed E-state index contributed by atoms with van der Waals surface area (Å²) in [5.74, 6) is -0.508. The molecule has 90 valence electrons. The van der Waals surface area contributed by atoms with E-state index in [1.165, 1.54) is 18.2 Å². The first-order valence-electron chi connectivity index (χ1n) is 5.58. The predicted molar refractivity (Wildman–Crippen MR) is 66.5 cm³/mol. The van der Waals surface area contributed by atoms with Gasteiger partial charge in [-0.15, -0.1) is 0 Å². The molecule has 0 saturated heterocycles. The van der Waals surface area contributed by atoms with Gasteiger partial charge in [-0.1, -0.05) is 23.8 Å². The Labute approximate surface area is 104 Å². The maximum atomic E-state index is 12.9. The second-order valence-electron chi connectivity index (χ2n) is 4.10. The van der Waals surface area contributed by atoms with Crippen molar-refractivity contribution in [1.29, 1.82) is 0 Å². The number of hydrogen-bond acceptors (Lipinski definition) is 1. The van der Waals surface area contributed by atoms with E-state index in [4.69, 9.17) is 11.6 Å². The minimum Gasteiger partial charge on any atom is -0.326 e. The van der Waals surface area contributed by atoms with Gasteiger partial charge in [0.15, 0.2) is 0 Å². The highest BCUT2D eigenvalue weighted by Gasteiger charge is 2.18. The lowest BCUT2D eigenvalue weighted by Gasteiger charge is -2.17. The van der Waals surface area contributed by atoms with Crippen LogP contribution in [0.5, 0.6) is 0 Å². The van der Waals surface area contributed by atoms with Crippen molar-refractivity contribution in [3.05, 3.63) is 41.2 Å². The predicted octanol–water partition coefficient (Wildman–Crippen LogP) is 3.77. The van der Waals surface area contributed by atoms with Crippen LogP contribution in [0.3, 0.4) is 0 Å². The summed E-state index contributed by atoms with van der Waals surface area (Å²) >= 11 is 5.65. The fraction of sp³-hybridized carbons (Fsp3) is 0.308. The molecule has 1 aliphatic carbocycles. The molecule has 1 atom stereocenters. The van der Waals surface area contributed by atoms with E-state index in [0.717, 1.165) is 19.3 Å². The molecule has 1 aliphatic rings. The first kappa shape index (κ1) is 12.1. The zero-order valence-electron chi connectivity index (χ0n) is 9.25. The van der Waals surface area contributed by atoms with Crippen LogP contribution in [0, 0.1) is 11.7 Å². The normalized spacial score (nSPS) is 19.1. The fourth-order valence-corrected chi connectivity index (χ4v) is 2.03. The number of anilines is 1. The Morgan fingerprint density at radius 3 is 2.88 bits per heavy atom. The number of amides is 1. The van der Waals surface area contributed by atoms with Crippen LogP contribution in [0.2, 0.25) is 5.02 Å². The Kier molecular flexibility index (Phi) is 3.79. The zero-order chi connectivity index (χ0) is 12.3. The third kappa shape index (κ3) is 3.07. The van der Waals surface area contributed by atoms with Crippen molar-refractivity contribution in [3.63, 3.8) is 0 Å². The molecule has 0 heterocycles. The van der Waals surface area contributed by atoms with E-state index in [0.29, 0.717) is 5.69 Å². The fourth-order valence-electron chi connectivity index (χ4n) is 1.85. The lowest BCUT2D eigenvalue weighted by atomic mass is 9.93. The molecule has 2 rings (SSSR count). The zero-order valence-corrected chi connectivity index (χ0v) is 10.0. The smallest absolute Gasteiger partial charge is 0.227 e. The van der Waals surface area contributed by atoms with Crippen molar-refractivity contribution in [2.24, 2.45) is 5.92 Å². The van der Waals surface area contributed by atoms with Crippen LogP contribution in [0.15, 0.2) is 30.4 Å². The van der Waals surface area contributed by atoms with Gasteiger partial charge in [0.05, 0.1) is 5.02 Å². The number of nitrogens with one attached hydrogen (secondary N) is 1. The molecule has 1 N–H and O–H groups in total. The highest BCUT2D eigenvalue weighted by atomic mass is 35.5. The largest absolute Gasteiger partial charge is 0.326 e. The molecule has 0 aliphatic heterocycles. The van der Waals surface area contributed by atoms with Crippen molar-refractivity contribution in [1.82, 2.24) is 0 Å². The van der Waals surface area contributed by atoms with Crippen molar-refractivity contribution < 1.29 is 9.18 Å². The van der Waals surface area contributed by atoms with Gasteiger partial charge in [-0.3, -0.25) is 4.79 Å². The second-order valence-corrected chi connectivity index (χ2v) is 4.51. The lowest BCUT2D eigenvalue weighted by Crippen LogP contribution is -2.23. The monoisotopic (exact) mass is 253 g/mol. The second kappa shape index (κ2) is 5.32. The molecule has 17 heavy (non-hydrogen) atoms. The van der Waals surface area contributed by atoms with Crippen LogP contribution < -0.4 is 5.32 Å². The molecule has 4 heteroatoms. The summed E-state index contributed by atoms with van der Waals surface area (Å²) in [6.07, 6.45) is 6.66. The van der Waals surface area contributed by atoms with E-state index in [1.54, 1.807) is 0 Å². The van der Waals surface area contributed by atoms with Crippen LogP contribution in [-0.2, 0) is 4.79 Å². The maximum Gasteiger partial charge on any atom is 0.227 e. The van der Waals surface area contributed by atoms with E-state index >= 15 is 0 Å². The summed E-state index contributed by atoms with van der Waals surface area (Å²) in [6.45, 7) is 0. The number of benzene rings is 1. The van der Waals surface area contributed by atoms with Crippen LogP contribution in [-0.4, -0.2) is 5.91 Å². The average Bonchev–Trinajstić information content (AvgIpc) is 2.35. The maximum absolute atomic E-state index is 12.9. The van der Waals surface area contributed by atoms with Crippen LogP contribution >= 0.6 is 11.6 Å². The Morgan fingerprint density at radius 2 is 2.24 bits per heavy atom. The highest BCUT2D eigenvalue weighted by molar-refractivity contribution is 6.31. The van der Waals surface area contributed by atoms with Crippen molar-refractivity contribution >= 4 is 23.2 Å². The van der Waals surface area contributed by atoms with Gasteiger partial charge in [0.25, 0.3) is 0 Å². The Morgan fingerprint density at radius 1 is 1.41 bits per heavy atom. The van der Waals surface area contributed by atoms with Gasteiger partial charge in [-0.05, 0) is 37.5 Å². The third-order valence-electron chi connectivity index (χ3n) is 2.83. The highest BCUT2D eigenvalue weighted by Crippen LogP contribution is 2.23. The molecule has 0 aromatic heterocycles. The molecule has 1 aromatic rings. The van der Waals surface area contributed by atoms with Gasteiger partial charge in [-0.25, -0.2) is 4.39 Å². The number of carbonyl (C=O) groups is 1. The summed E-state index contributed by atoms with van der Waals surface area (Å²) < 4.78 is 12.9. The van der Waals surface area contributed by atoms with Gasteiger partial charge in [0, 0.05) is 11.6 Å². The summed E-state index contributed by atoms with van der Waals surface area (Å²) in [7, 11) is 0. The molecule has 0 fully saturated rings. The first-order chi connectivity index (χ1) is 8.16.